The maximum atomic E-state index is 4.52. The minimum absolute atomic E-state index is 0.911. The molecule has 16 heavy (non-hydrogen) atoms. The van der Waals surface area contributed by atoms with Gasteiger partial charge in [-0.2, -0.15) is 5.10 Å². The van der Waals surface area contributed by atoms with Crippen LogP contribution in [0, 0.1) is 0 Å². The maximum Gasteiger partial charge on any atom is 0.144 e. The molecular formula is C10H8N4S2. The fourth-order valence-electron chi connectivity index (χ4n) is 1.38. The van der Waals surface area contributed by atoms with Gasteiger partial charge in [0.05, 0.1) is 5.51 Å². The third-order valence-corrected chi connectivity index (χ3v) is 3.58. The minimum atomic E-state index is 0.911. The average Bonchev–Trinajstić information content (AvgIpc) is 2.97. The van der Waals surface area contributed by atoms with Crippen molar-refractivity contribution in [3.8, 4) is 22.1 Å². The monoisotopic (exact) mass is 248 g/mol. The molecule has 0 aliphatic heterocycles. The van der Waals surface area contributed by atoms with E-state index in [1.54, 1.807) is 27.4 Å². The van der Waals surface area contributed by atoms with Crippen LogP contribution in [0.3, 0.4) is 0 Å². The summed E-state index contributed by atoms with van der Waals surface area (Å²) in [7, 11) is 1.90. The molecule has 0 amide bonds. The first-order chi connectivity index (χ1) is 7.83. The number of hydrogen-bond donors (Lipinski definition) is 0. The fraction of sp³-hybridized carbons (Fsp3) is 0.100. The quantitative estimate of drug-likeness (QED) is 0.700. The number of thiazole rings is 2. The molecule has 80 valence electrons. The molecule has 0 saturated carbocycles. The zero-order valence-corrected chi connectivity index (χ0v) is 10.1. The highest BCUT2D eigenvalue weighted by atomic mass is 32.1. The Labute approximate surface area is 100 Å². The summed E-state index contributed by atoms with van der Waals surface area (Å²) in [6.45, 7) is 0. The van der Waals surface area contributed by atoms with Crippen molar-refractivity contribution in [3.63, 3.8) is 0 Å². The molecule has 0 saturated heterocycles. The van der Waals surface area contributed by atoms with Gasteiger partial charge in [-0.25, -0.2) is 9.97 Å². The molecule has 0 atom stereocenters. The molecular weight excluding hydrogens is 240 g/mol. The molecule has 0 radical (unpaired) electrons. The van der Waals surface area contributed by atoms with Crippen molar-refractivity contribution in [2.45, 2.75) is 0 Å². The number of nitrogens with zero attached hydrogens (tertiary/aromatic N) is 4. The molecule has 4 nitrogen and oxygen atoms in total. The number of rotatable bonds is 2. The van der Waals surface area contributed by atoms with Gasteiger partial charge in [-0.05, 0) is 6.07 Å². The predicted molar refractivity (Wildman–Crippen MR) is 65.4 cm³/mol. The summed E-state index contributed by atoms with van der Waals surface area (Å²) in [5.41, 5.74) is 4.58. The third kappa shape index (κ3) is 1.66. The van der Waals surface area contributed by atoms with E-state index in [0.717, 1.165) is 22.1 Å². The zero-order valence-electron chi connectivity index (χ0n) is 8.49. The predicted octanol–water partition coefficient (Wildman–Crippen LogP) is 2.67. The number of aromatic nitrogens is 4. The molecule has 0 aliphatic rings. The molecule has 0 fully saturated rings. The average molecular weight is 248 g/mol. The lowest BCUT2D eigenvalue weighted by molar-refractivity contribution is 0.770. The minimum Gasteiger partial charge on any atom is -0.275 e. The van der Waals surface area contributed by atoms with E-state index in [0.29, 0.717) is 0 Å². The Morgan fingerprint density at radius 1 is 1.19 bits per heavy atom. The van der Waals surface area contributed by atoms with E-state index in [2.05, 4.69) is 15.1 Å². The number of hydrogen-bond acceptors (Lipinski definition) is 5. The summed E-state index contributed by atoms with van der Waals surface area (Å²) >= 11 is 3.17. The molecule has 3 heterocycles. The Morgan fingerprint density at radius 3 is 2.81 bits per heavy atom. The van der Waals surface area contributed by atoms with Crippen LogP contribution < -0.4 is 0 Å². The summed E-state index contributed by atoms with van der Waals surface area (Å²) in [5.74, 6) is 0. The standard InChI is InChI=1S/C10H8N4S2/c1-14-3-2-7(13-14)10-12-9(5-16-10)8-4-15-6-11-8/h2-6H,1H3. The van der Waals surface area contributed by atoms with Crippen LogP contribution >= 0.6 is 22.7 Å². The first-order valence-corrected chi connectivity index (χ1v) is 6.49. The van der Waals surface area contributed by atoms with Crippen LogP contribution in [0.4, 0.5) is 0 Å². The number of aryl methyl sites for hydroxylation is 1. The third-order valence-electron chi connectivity index (χ3n) is 2.13. The van der Waals surface area contributed by atoms with E-state index in [1.165, 1.54) is 0 Å². The summed E-state index contributed by atoms with van der Waals surface area (Å²) in [6.07, 6.45) is 1.92. The van der Waals surface area contributed by atoms with Gasteiger partial charge < -0.3 is 0 Å². The lowest BCUT2D eigenvalue weighted by atomic mass is 10.4. The molecule has 0 aromatic carbocycles. The maximum absolute atomic E-state index is 4.52. The Morgan fingerprint density at radius 2 is 2.12 bits per heavy atom. The van der Waals surface area contributed by atoms with Gasteiger partial charge >= 0.3 is 0 Å². The SMILES string of the molecule is Cn1ccc(-c2nc(-c3cscn3)cs2)n1. The molecule has 3 aromatic heterocycles. The summed E-state index contributed by atoms with van der Waals surface area (Å²) < 4.78 is 1.78. The lowest BCUT2D eigenvalue weighted by Crippen LogP contribution is -1.87. The highest BCUT2D eigenvalue weighted by Crippen LogP contribution is 2.27. The van der Waals surface area contributed by atoms with Crippen LogP contribution in [0.2, 0.25) is 0 Å². The second kappa shape index (κ2) is 3.80. The van der Waals surface area contributed by atoms with Gasteiger partial charge in [-0.3, -0.25) is 4.68 Å². The molecule has 6 heteroatoms. The van der Waals surface area contributed by atoms with Gasteiger partial charge in [0, 0.05) is 24.0 Å². The van der Waals surface area contributed by atoms with Gasteiger partial charge in [0.25, 0.3) is 0 Å². The van der Waals surface area contributed by atoms with E-state index >= 15 is 0 Å². The Balaban J connectivity index is 2.00. The van der Waals surface area contributed by atoms with Crippen LogP contribution in [0.1, 0.15) is 0 Å². The molecule has 0 bridgehead atoms. The first kappa shape index (κ1) is 9.68. The molecule has 0 N–H and O–H groups in total. The van der Waals surface area contributed by atoms with E-state index in [-0.39, 0.29) is 0 Å². The lowest BCUT2D eigenvalue weighted by Gasteiger charge is -1.88. The van der Waals surface area contributed by atoms with Crippen LogP contribution in [-0.4, -0.2) is 19.7 Å². The smallest absolute Gasteiger partial charge is 0.144 e. The summed E-state index contributed by atoms with van der Waals surface area (Å²) in [4.78, 5) is 8.76. The summed E-state index contributed by atoms with van der Waals surface area (Å²) in [6, 6.07) is 1.96. The summed E-state index contributed by atoms with van der Waals surface area (Å²) in [5, 5.41) is 9.27. The van der Waals surface area contributed by atoms with E-state index < -0.39 is 0 Å². The topological polar surface area (TPSA) is 43.6 Å². The zero-order chi connectivity index (χ0) is 11.0. The van der Waals surface area contributed by atoms with Crippen molar-refractivity contribution in [3.05, 3.63) is 28.5 Å². The van der Waals surface area contributed by atoms with Gasteiger partial charge in [-0.15, -0.1) is 22.7 Å². The highest BCUT2D eigenvalue weighted by molar-refractivity contribution is 7.13. The van der Waals surface area contributed by atoms with Crippen LogP contribution in [0.5, 0.6) is 0 Å². The van der Waals surface area contributed by atoms with Gasteiger partial charge in [0.15, 0.2) is 0 Å². The van der Waals surface area contributed by atoms with Crippen LogP contribution in [0.25, 0.3) is 22.1 Å². The van der Waals surface area contributed by atoms with Crippen molar-refractivity contribution in [2.75, 3.05) is 0 Å². The van der Waals surface area contributed by atoms with Crippen molar-refractivity contribution >= 4 is 22.7 Å². The Bertz CT molecular complexity index is 594. The van der Waals surface area contributed by atoms with Crippen molar-refractivity contribution < 1.29 is 0 Å². The molecule has 3 aromatic rings. The largest absolute Gasteiger partial charge is 0.275 e. The second-order valence-electron chi connectivity index (χ2n) is 3.29. The molecule has 0 spiro atoms. The van der Waals surface area contributed by atoms with Gasteiger partial charge in [0.2, 0.25) is 0 Å². The van der Waals surface area contributed by atoms with Crippen molar-refractivity contribution in [2.24, 2.45) is 7.05 Å². The second-order valence-corrected chi connectivity index (χ2v) is 4.86. The van der Waals surface area contributed by atoms with Crippen molar-refractivity contribution in [1.82, 2.24) is 19.7 Å². The molecule has 0 aliphatic carbocycles. The first-order valence-electron chi connectivity index (χ1n) is 4.67. The van der Waals surface area contributed by atoms with Crippen LogP contribution in [-0.2, 0) is 7.05 Å². The molecule has 0 unspecified atom stereocenters. The van der Waals surface area contributed by atoms with Gasteiger partial charge in [-0.1, -0.05) is 0 Å². The highest BCUT2D eigenvalue weighted by Gasteiger charge is 2.09. The fourth-order valence-corrected chi connectivity index (χ4v) is 2.70. The van der Waals surface area contributed by atoms with E-state index in [9.17, 15) is 0 Å². The van der Waals surface area contributed by atoms with Crippen LogP contribution in [0.15, 0.2) is 28.5 Å². The van der Waals surface area contributed by atoms with E-state index in [4.69, 9.17) is 0 Å². The van der Waals surface area contributed by atoms with Gasteiger partial charge in [0.1, 0.15) is 22.1 Å². The Hall–Kier alpha value is -1.53. The Kier molecular flexibility index (Phi) is 2.30. The van der Waals surface area contributed by atoms with Crippen molar-refractivity contribution in [1.29, 1.82) is 0 Å². The normalized spacial score (nSPS) is 10.8. The molecule has 3 rings (SSSR count). The van der Waals surface area contributed by atoms with E-state index in [1.807, 2.05) is 35.6 Å².